The number of rotatable bonds is 4. The van der Waals surface area contributed by atoms with E-state index in [1.165, 1.54) is 22.3 Å². The Labute approximate surface area is 149 Å². The van der Waals surface area contributed by atoms with Gasteiger partial charge >= 0.3 is 0 Å². The minimum Gasteiger partial charge on any atom is -0.254 e. The molecule has 0 amide bonds. The minimum absolute atomic E-state index is 0.794. The van der Waals surface area contributed by atoms with E-state index in [4.69, 9.17) is 0 Å². The molecule has 3 heteroatoms. The van der Waals surface area contributed by atoms with Crippen molar-refractivity contribution in [2.24, 2.45) is 15.0 Å². The lowest BCUT2D eigenvalue weighted by Crippen LogP contribution is -1.94. The summed E-state index contributed by atoms with van der Waals surface area (Å²) in [6.07, 6.45) is 6.59. The highest BCUT2D eigenvalue weighted by molar-refractivity contribution is 6.33. The molecule has 126 valence electrons. The zero-order chi connectivity index (χ0) is 17.8. The van der Waals surface area contributed by atoms with Crippen LogP contribution in [0.4, 0.5) is 11.4 Å². The van der Waals surface area contributed by atoms with E-state index in [-0.39, 0.29) is 0 Å². The summed E-state index contributed by atoms with van der Waals surface area (Å²) in [6, 6.07) is 12.4. The SMILES string of the molecule is Cc1cccc(C)c1N=CC1=CCC(C=Nc2c(C)cccc2C)=N1. The van der Waals surface area contributed by atoms with Gasteiger partial charge in [0.1, 0.15) is 0 Å². The van der Waals surface area contributed by atoms with Crippen molar-refractivity contribution in [2.75, 3.05) is 0 Å². The van der Waals surface area contributed by atoms with Crippen LogP contribution in [0.3, 0.4) is 0 Å². The molecule has 3 nitrogen and oxygen atoms in total. The van der Waals surface area contributed by atoms with Gasteiger partial charge in [-0.05, 0) is 49.9 Å². The number of aliphatic imine (C=N–C) groups is 3. The van der Waals surface area contributed by atoms with E-state index in [1.54, 1.807) is 0 Å². The molecule has 0 N–H and O–H groups in total. The standard InChI is InChI=1S/C22H23N3/c1-15-7-5-8-16(2)21(15)23-13-19-11-12-20(25-19)14-24-22-17(3)9-6-10-18(22)4/h5-11,13-14H,12H2,1-4H3. The molecule has 1 heterocycles. The second-order valence-corrected chi connectivity index (χ2v) is 6.43. The summed E-state index contributed by atoms with van der Waals surface area (Å²) in [5, 5.41) is 0. The van der Waals surface area contributed by atoms with Crippen molar-refractivity contribution >= 4 is 29.5 Å². The summed E-state index contributed by atoms with van der Waals surface area (Å²) in [5.74, 6) is 0. The molecule has 0 saturated carbocycles. The first-order valence-corrected chi connectivity index (χ1v) is 8.53. The Morgan fingerprint density at radius 1 is 0.760 bits per heavy atom. The van der Waals surface area contributed by atoms with Crippen LogP contribution in [-0.4, -0.2) is 18.1 Å². The van der Waals surface area contributed by atoms with Gasteiger partial charge in [-0.1, -0.05) is 42.5 Å². The van der Waals surface area contributed by atoms with Gasteiger partial charge in [-0.3, -0.25) is 15.0 Å². The van der Waals surface area contributed by atoms with Crippen LogP contribution in [0.2, 0.25) is 0 Å². The van der Waals surface area contributed by atoms with Gasteiger partial charge in [-0.25, -0.2) is 0 Å². The fourth-order valence-corrected chi connectivity index (χ4v) is 2.92. The van der Waals surface area contributed by atoms with Gasteiger partial charge in [0.15, 0.2) is 0 Å². The molecule has 0 aromatic heterocycles. The van der Waals surface area contributed by atoms with Gasteiger partial charge in [0.25, 0.3) is 0 Å². The van der Waals surface area contributed by atoms with Crippen molar-refractivity contribution in [1.82, 2.24) is 0 Å². The van der Waals surface area contributed by atoms with Gasteiger partial charge in [0.05, 0.1) is 29.0 Å². The topological polar surface area (TPSA) is 37.1 Å². The monoisotopic (exact) mass is 329 g/mol. The summed E-state index contributed by atoms with van der Waals surface area (Å²) in [7, 11) is 0. The first kappa shape index (κ1) is 17.0. The first-order chi connectivity index (χ1) is 12.0. The highest BCUT2D eigenvalue weighted by Crippen LogP contribution is 2.24. The zero-order valence-electron chi connectivity index (χ0n) is 15.2. The number of benzene rings is 2. The van der Waals surface area contributed by atoms with Crippen molar-refractivity contribution in [3.8, 4) is 0 Å². The van der Waals surface area contributed by atoms with E-state index in [0.717, 1.165) is 29.2 Å². The van der Waals surface area contributed by atoms with E-state index in [0.29, 0.717) is 0 Å². The van der Waals surface area contributed by atoms with E-state index in [2.05, 4.69) is 85.1 Å². The van der Waals surface area contributed by atoms with E-state index >= 15 is 0 Å². The summed E-state index contributed by atoms with van der Waals surface area (Å²) in [4.78, 5) is 13.9. The molecule has 0 spiro atoms. The maximum absolute atomic E-state index is 4.63. The number of allylic oxidation sites excluding steroid dienone is 2. The van der Waals surface area contributed by atoms with Crippen LogP contribution in [0.1, 0.15) is 28.7 Å². The number of aryl methyl sites for hydroxylation is 4. The molecule has 3 rings (SSSR count). The fourth-order valence-electron chi connectivity index (χ4n) is 2.92. The van der Waals surface area contributed by atoms with Crippen LogP contribution in [-0.2, 0) is 0 Å². The molecule has 0 radical (unpaired) electrons. The van der Waals surface area contributed by atoms with Crippen molar-refractivity contribution in [3.63, 3.8) is 0 Å². The first-order valence-electron chi connectivity index (χ1n) is 8.53. The summed E-state index contributed by atoms with van der Waals surface area (Å²) >= 11 is 0. The Morgan fingerprint density at radius 3 is 1.76 bits per heavy atom. The second kappa shape index (κ2) is 7.39. The largest absolute Gasteiger partial charge is 0.254 e. The Hall–Kier alpha value is -2.81. The molecule has 2 aromatic rings. The molecule has 2 aromatic carbocycles. The molecule has 0 atom stereocenters. The zero-order valence-corrected chi connectivity index (χ0v) is 15.2. The van der Waals surface area contributed by atoms with Crippen LogP contribution >= 0.6 is 0 Å². The average molecular weight is 329 g/mol. The third-order valence-corrected chi connectivity index (χ3v) is 4.34. The van der Waals surface area contributed by atoms with Crippen LogP contribution in [0.25, 0.3) is 0 Å². The number of nitrogens with zero attached hydrogens (tertiary/aromatic N) is 3. The van der Waals surface area contributed by atoms with E-state index in [9.17, 15) is 0 Å². The van der Waals surface area contributed by atoms with Crippen LogP contribution in [0.5, 0.6) is 0 Å². The molecule has 0 aliphatic carbocycles. The van der Waals surface area contributed by atoms with E-state index in [1.807, 2.05) is 12.4 Å². The van der Waals surface area contributed by atoms with Gasteiger partial charge in [-0.2, -0.15) is 0 Å². The Bertz CT molecular complexity index is 874. The van der Waals surface area contributed by atoms with Crippen molar-refractivity contribution < 1.29 is 0 Å². The summed E-state index contributed by atoms with van der Waals surface area (Å²) in [5.41, 5.74) is 8.63. The highest BCUT2D eigenvalue weighted by Gasteiger charge is 2.06. The molecular formula is C22H23N3. The normalized spacial score (nSPS) is 14.4. The summed E-state index contributed by atoms with van der Waals surface area (Å²) in [6.45, 7) is 8.32. The number of hydrogen-bond acceptors (Lipinski definition) is 3. The maximum Gasteiger partial charge on any atom is 0.0780 e. The molecule has 0 unspecified atom stereocenters. The summed E-state index contributed by atoms with van der Waals surface area (Å²) < 4.78 is 0. The Morgan fingerprint density at radius 2 is 1.24 bits per heavy atom. The molecule has 0 saturated heterocycles. The second-order valence-electron chi connectivity index (χ2n) is 6.43. The minimum atomic E-state index is 0.794. The third-order valence-electron chi connectivity index (χ3n) is 4.34. The number of para-hydroxylation sites is 2. The molecule has 0 fully saturated rings. The van der Waals surface area contributed by atoms with Crippen molar-refractivity contribution in [1.29, 1.82) is 0 Å². The molecule has 25 heavy (non-hydrogen) atoms. The van der Waals surface area contributed by atoms with Gasteiger partial charge in [0, 0.05) is 12.6 Å². The van der Waals surface area contributed by atoms with Crippen molar-refractivity contribution in [3.05, 3.63) is 70.4 Å². The molecule has 0 bridgehead atoms. The highest BCUT2D eigenvalue weighted by atomic mass is 14.8. The quantitative estimate of drug-likeness (QED) is 0.640. The molecule has 1 aliphatic rings. The lowest BCUT2D eigenvalue weighted by molar-refractivity contribution is 1.33. The van der Waals surface area contributed by atoms with Crippen LogP contribution < -0.4 is 0 Å². The Balaban J connectivity index is 1.74. The lowest BCUT2D eigenvalue weighted by atomic mass is 10.1. The van der Waals surface area contributed by atoms with Crippen molar-refractivity contribution in [2.45, 2.75) is 34.1 Å². The van der Waals surface area contributed by atoms with Gasteiger partial charge in [-0.15, -0.1) is 0 Å². The number of hydrogen-bond donors (Lipinski definition) is 0. The smallest absolute Gasteiger partial charge is 0.0780 e. The van der Waals surface area contributed by atoms with E-state index < -0.39 is 0 Å². The lowest BCUT2D eigenvalue weighted by Gasteiger charge is -2.03. The fraction of sp³-hybridized carbons (Fsp3) is 0.227. The van der Waals surface area contributed by atoms with Gasteiger partial charge in [0.2, 0.25) is 0 Å². The maximum atomic E-state index is 4.63. The van der Waals surface area contributed by atoms with Gasteiger partial charge < -0.3 is 0 Å². The van der Waals surface area contributed by atoms with Crippen LogP contribution in [0.15, 0.2) is 63.1 Å². The average Bonchev–Trinajstić information content (AvgIpc) is 3.02. The Kier molecular flexibility index (Phi) is 5.03. The van der Waals surface area contributed by atoms with Crippen LogP contribution in [0, 0.1) is 27.7 Å². The third kappa shape index (κ3) is 4.00. The molecular weight excluding hydrogens is 306 g/mol. The predicted molar refractivity (Wildman–Crippen MR) is 108 cm³/mol. The predicted octanol–water partition coefficient (Wildman–Crippen LogP) is 5.75. The molecule has 1 aliphatic heterocycles.